The number of rotatable bonds is 6. The molecular weight excluding hydrogens is 416 g/mol. The van der Waals surface area contributed by atoms with E-state index in [9.17, 15) is 17.6 Å². The highest BCUT2D eigenvalue weighted by molar-refractivity contribution is 5.70. The van der Waals surface area contributed by atoms with E-state index in [1.165, 1.54) is 49.6 Å². The Morgan fingerprint density at radius 1 is 0.844 bits per heavy atom. The van der Waals surface area contributed by atoms with Crippen LogP contribution in [0.25, 0.3) is 11.1 Å². The van der Waals surface area contributed by atoms with Gasteiger partial charge in [0.1, 0.15) is 5.75 Å². The monoisotopic (exact) mass is 442 g/mol. The Morgan fingerprint density at radius 3 is 2.19 bits per heavy atom. The molecule has 168 valence electrons. The third-order valence-electron chi connectivity index (χ3n) is 6.50. The van der Waals surface area contributed by atoms with Gasteiger partial charge in [-0.2, -0.15) is 8.78 Å². The molecule has 0 atom stereocenters. The molecule has 5 heteroatoms. The molecule has 0 amide bonds. The third kappa shape index (κ3) is 4.82. The molecule has 1 aliphatic rings. The predicted molar refractivity (Wildman–Crippen MR) is 118 cm³/mol. The number of halogens is 4. The summed E-state index contributed by atoms with van der Waals surface area (Å²) in [6.45, 7) is 2.21. The molecule has 0 N–H and O–H groups in total. The van der Waals surface area contributed by atoms with Crippen LogP contribution >= 0.6 is 0 Å². The first kappa shape index (κ1) is 22.4. The van der Waals surface area contributed by atoms with E-state index in [-0.39, 0.29) is 22.4 Å². The number of hydrogen-bond acceptors (Lipinski definition) is 1. The molecule has 0 aromatic heterocycles. The molecule has 3 aromatic rings. The summed E-state index contributed by atoms with van der Waals surface area (Å²) in [5, 5.41) is 0. The van der Waals surface area contributed by atoms with E-state index in [1.54, 1.807) is 24.3 Å². The van der Waals surface area contributed by atoms with E-state index >= 15 is 0 Å². The van der Waals surface area contributed by atoms with Gasteiger partial charge in [0.2, 0.25) is 0 Å². The van der Waals surface area contributed by atoms with Crippen LogP contribution in [0.2, 0.25) is 0 Å². The zero-order valence-corrected chi connectivity index (χ0v) is 18.0. The van der Waals surface area contributed by atoms with Crippen LogP contribution in [0, 0.1) is 17.6 Å². The number of ether oxygens (including phenoxy) is 1. The van der Waals surface area contributed by atoms with Gasteiger partial charge in [-0.25, -0.2) is 8.78 Å². The molecule has 32 heavy (non-hydrogen) atoms. The molecule has 3 aromatic carbocycles. The first-order chi connectivity index (χ1) is 15.4. The Bertz CT molecular complexity index is 1050. The summed E-state index contributed by atoms with van der Waals surface area (Å²) < 4.78 is 62.1. The maximum absolute atomic E-state index is 15.0. The lowest BCUT2D eigenvalue weighted by Crippen LogP contribution is -2.22. The van der Waals surface area contributed by atoms with E-state index in [0.717, 1.165) is 36.5 Å². The van der Waals surface area contributed by atoms with Crippen molar-refractivity contribution in [1.29, 1.82) is 0 Å². The topological polar surface area (TPSA) is 9.23 Å². The summed E-state index contributed by atoms with van der Waals surface area (Å²) in [4.78, 5) is 0. The predicted octanol–water partition coefficient (Wildman–Crippen LogP) is 8.44. The molecule has 1 aliphatic carbocycles. The van der Waals surface area contributed by atoms with Gasteiger partial charge in [0, 0.05) is 5.56 Å². The van der Waals surface area contributed by atoms with Crippen LogP contribution in [0.5, 0.6) is 5.75 Å². The van der Waals surface area contributed by atoms with E-state index < -0.39 is 17.7 Å². The standard InChI is InChI=1S/C27H26F4O/c1-2-18-7-9-19(10-8-18)20-11-14-22(15-12-20)27(30,31)32-26-6-4-3-5-23(26)21-13-16-24(28)25(29)17-21/h3-6,11-19H,2,7-10H2,1H3/t18-,19-. The molecule has 1 fully saturated rings. The summed E-state index contributed by atoms with van der Waals surface area (Å²) in [5.74, 6) is -0.966. The normalized spacial score (nSPS) is 19.0. The van der Waals surface area contributed by atoms with Gasteiger partial charge in [-0.15, -0.1) is 0 Å². The molecule has 1 nitrogen and oxygen atoms in total. The van der Waals surface area contributed by atoms with Gasteiger partial charge in [-0.1, -0.05) is 49.7 Å². The average Bonchev–Trinajstić information content (AvgIpc) is 2.81. The van der Waals surface area contributed by atoms with E-state index in [2.05, 4.69) is 6.92 Å². The van der Waals surface area contributed by atoms with Gasteiger partial charge in [0.15, 0.2) is 11.6 Å². The summed E-state index contributed by atoms with van der Waals surface area (Å²) in [5.41, 5.74) is 1.36. The lowest BCUT2D eigenvalue weighted by molar-refractivity contribution is -0.185. The molecule has 0 saturated heterocycles. The summed E-state index contributed by atoms with van der Waals surface area (Å²) in [7, 11) is 0. The summed E-state index contributed by atoms with van der Waals surface area (Å²) in [6, 6.07) is 15.8. The molecule has 0 radical (unpaired) electrons. The average molecular weight is 442 g/mol. The minimum Gasteiger partial charge on any atom is -0.428 e. The van der Waals surface area contributed by atoms with Crippen molar-refractivity contribution < 1.29 is 22.3 Å². The van der Waals surface area contributed by atoms with Gasteiger partial charge < -0.3 is 4.74 Å². The zero-order valence-electron chi connectivity index (χ0n) is 18.0. The Kier molecular flexibility index (Phi) is 6.54. The fourth-order valence-electron chi connectivity index (χ4n) is 4.51. The van der Waals surface area contributed by atoms with Gasteiger partial charge in [0.05, 0.1) is 5.56 Å². The van der Waals surface area contributed by atoms with Crippen molar-refractivity contribution in [2.45, 2.75) is 51.1 Å². The van der Waals surface area contributed by atoms with E-state index in [4.69, 9.17) is 4.74 Å². The Labute approximate surface area is 186 Å². The van der Waals surface area contributed by atoms with Crippen molar-refractivity contribution in [1.82, 2.24) is 0 Å². The maximum Gasteiger partial charge on any atom is 0.426 e. The first-order valence-electron chi connectivity index (χ1n) is 11.1. The van der Waals surface area contributed by atoms with Crippen molar-refractivity contribution in [3.8, 4) is 16.9 Å². The van der Waals surface area contributed by atoms with Crippen LogP contribution in [0.15, 0.2) is 66.7 Å². The van der Waals surface area contributed by atoms with Crippen molar-refractivity contribution in [3.63, 3.8) is 0 Å². The Hall–Kier alpha value is -2.82. The molecule has 0 aliphatic heterocycles. The second-order valence-corrected chi connectivity index (χ2v) is 8.49. The van der Waals surface area contributed by atoms with Crippen molar-refractivity contribution in [2.75, 3.05) is 0 Å². The van der Waals surface area contributed by atoms with E-state index in [0.29, 0.717) is 5.92 Å². The summed E-state index contributed by atoms with van der Waals surface area (Å²) in [6.07, 6.45) is 2.17. The van der Waals surface area contributed by atoms with Crippen LogP contribution in [0.3, 0.4) is 0 Å². The van der Waals surface area contributed by atoms with Crippen LogP contribution in [0.4, 0.5) is 17.6 Å². The number of para-hydroxylation sites is 1. The number of alkyl halides is 2. The van der Waals surface area contributed by atoms with Crippen LogP contribution in [-0.2, 0) is 6.11 Å². The van der Waals surface area contributed by atoms with Crippen molar-refractivity contribution >= 4 is 0 Å². The second-order valence-electron chi connectivity index (χ2n) is 8.49. The third-order valence-corrected chi connectivity index (χ3v) is 6.50. The maximum atomic E-state index is 15.0. The highest BCUT2D eigenvalue weighted by atomic mass is 19.3. The van der Waals surface area contributed by atoms with Crippen molar-refractivity contribution in [2.24, 2.45) is 5.92 Å². The first-order valence-corrected chi connectivity index (χ1v) is 11.1. The minimum atomic E-state index is -3.58. The van der Waals surface area contributed by atoms with Crippen LogP contribution in [0.1, 0.15) is 56.1 Å². The fraction of sp³-hybridized carbons (Fsp3) is 0.333. The lowest BCUT2D eigenvalue weighted by atomic mass is 9.78. The van der Waals surface area contributed by atoms with Crippen molar-refractivity contribution in [3.05, 3.63) is 89.5 Å². The molecule has 4 rings (SSSR count). The largest absolute Gasteiger partial charge is 0.428 e. The number of hydrogen-bond donors (Lipinski definition) is 0. The minimum absolute atomic E-state index is 0.106. The molecular formula is C27H26F4O. The SMILES string of the molecule is CC[C@H]1CC[C@H](c2ccc(C(F)(F)Oc3ccccc3-c3ccc(F)c(F)c3)cc2)CC1. The number of benzene rings is 3. The molecule has 0 unspecified atom stereocenters. The summed E-state index contributed by atoms with van der Waals surface area (Å²) >= 11 is 0. The Balaban J connectivity index is 1.53. The Morgan fingerprint density at radius 2 is 1.53 bits per heavy atom. The zero-order chi connectivity index (χ0) is 22.7. The van der Waals surface area contributed by atoms with E-state index in [1.807, 2.05) is 0 Å². The van der Waals surface area contributed by atoms with Gasteiger partial charge in [-0.05, 0) is 79.0 Å². The van der Waals surface area contributed by atoms with Crippen LogP contribution in [-0.4, -0.2) is 0 Å². The molecule has 0 heterocycles. The van der Waals surface area contributed by atoms with Crippen LogP contribution < -0.4 is 4.74 Å². The highest BCUT2D eigenvalue weighted by Gasteiger charge is 2.35. The lowest BCUT2D eigenvalue weighted by Gasteiger charge is -2.28. The van der Waals surface area contributed by atoms with Gasteiger partial charge >= 0.3 is 6.11 Å². The molecule has 0 spiro atoms. The molecule has 0 bridgehead atoms. The highest BCUT2D eigenvalue weighted by Crippen LogP contribution is 2.40. The molecule has 1 saturated carbocycles. The van der Waals surface area contributed by atoms with Gasteiger partial charge in [-0.3, -0.25) is 0 Å². The second kappa shape index (κ2) is 9.35. The smallest absolute Gasteiger partial charge is 0.426 e. The fourth-order valence-corrected chi connectivity index (χ4v) is 4.51. The quantitative estimate of drug-likeness (QED) is 0.348. The van der Waals surface area contributed by atoms with Gasteiger partial charge in [0.25, 0.3) is 0 Å².